The largest absolute Gasteiger partial charge is 0.341 e. The summed E-state index contributed by atoms with van der Waals surface area (Å²) in [5.74, 6) is 1.41. The van der Waals surface area contributed by atoms with Gasteiger partial charge in [-0.15, -0.1) is 11.8 Å². The average Bonchev–Trinajstić information content (AvgIpc) is 3.02. The lowest BCUT2D eigenvalue weighted by Gasteiger charge is -2.40. The van der Waals surface area contributed by atoms with Crippen LogP contribution < -0.4 is 5.32 Å². The molecule has 3 aliphatic heterocycles. The van der Waals surface area contributed by atoms with Gasteiger partial charge in [0, 0.05) is 19.6 Å². The zero-order valence-electron chi connectivity index (χ0n) is 13.0. The van der Waals surface area contributed by atoms with Gasteiger partial charge in [-0.05, 0) is 54.5 Å². The number of piperidine rings is 1. The van der Waals surface area contributed by atoms with Gasteiger partial charge in [0.1, 0.15) is 5.25 Å². The minimum Gasteiger partial charge on any atom is -0.341 e. The molecule has 118 valence electrons. The van der Waals surface area contributed by atoms with E-state index in [4.69, 9.17) is 0 Å². The summed E-state index contributed by atoms with van der Waals surface area (Å²) in [4.78, 5) is 15.1. The van der Waals surface area contributed by atoms with Crippen molar-refractivity contribution in [1.29, 1.82) is 0 Å². The first-order chi connectivity index (χ1) is 10.8. The molecular weight excluding hydrogens is 292 g/mol. The number of thioether (sulfide) groups is 1. The molecule has 4 heteroatoms. The van der Waals surface area contributed by atoms with Crippen molar-refractivity contribution in [3.8, 4) is 0 Å². The van der Waals surface area contributed by atoms with Crippen LogP contribution >= 0.6 is 11.8 Å². The van der Waals surface area contributed by atoms with Crippen LogP contribution in [0.5, 0.6) is 0 Å². The lowest BCUT2D eigenvalue weighted by Crippen LogP contribution is -2.45. The molecule has 1 N–H and O–H groups in total. The van der Waals surface area contributed by atoms with Crippen molar-refractivity contribution in [2.45, 2.75) is 30.9 Å². The summed E-state index contributed by atoms with van der Waals surface area (Å²) >= 11 is 1.83. The molecule has 0 radical (unpaired) electrons. The van der Waals surface area contributed by atoms with Crippen molar-refractivity contribution in [2.24, 2.45) is 5.41 Å². The van der Waals surface area contributed by atoms with Gasteiger partial charge in [0.15, 0.2) is 0 Å². The van der Waals surface area contributed by atoms with Gasteiger partial charge in [-0.3, -0.25) is 4.79 Å². The van der Waals surface area contributed by atoms with Crippen molar-refractivity contribution in [3.63, 3.8) is 0 Å². The fraction of sp³-hybridized carbons (Fsp3) is 0.611. The summed E-state index contributed by atoms with van der Waals surface area (Å²) < 4.78 is 0. The highest BCUT2D eigenvalue weighted by Crippen LogP contribution is 2.41. The van der Waals surface area contributed by atoms with Gasteiger partial charge in [0.25, 0.3) is 0 Å². The zero-order chi connectivity index (χ0) is 15.0. The molecule has 1 unspecified atom stereocenters. The summed E-state index contributed by atoms with van der Waals surface area (Å²) in [6.45, 7) is 4.19. The van der Waals surface area contributed by atoms with E-state index in [1.807, 2.05) is 11.8 Å². The average molecular weight is 316 g/mol. The van der Waals surface area contributed by atoms with E-state index in [0.717, 1.165) is 38.4 Å². The molecule has 1 spiro atoms. The fourth-order valence-corrected chi connectivity index (χ4v) is 5.46. The van der Waals surface area contributed by atoms with Crippen LogP contribution in [0.15, 0.2) is 24.3 Å². The van der Waals surface area contributed by atoms with Gasteiger partial charge < -0.3 is 10.2 Å². The normalized spacial score (nSPS) is 26.9. The highest BCUT2D eigenvalue weighted by atomic mass is 32.2. The molecule has 2 fully saturated rings. The lowest BCUT2D eigenvalue weighted by atomic mass is 9.78. The van der Waals surface area contributed by atoms with E-state index in [2.05, 4.69) is 34.5 Å². The van der Waals surface area contributed by atoms with Gasteiger partial charge in [-0.2, -0.15) is 0 Å². The Balaban J connectivity index is 1.47. The quantitative estimate of drug-likeness (QED) is 0.864. The molecular formula is C18H24N2OS. The minimum atomic E-state index is 0.0284. The van der Waals surface area contributed by atoms with Crippen LogP contribution in [0.4, 0.5) is 0 Å². The van der Waals surface area contributed by atoms with Crippen molar-refractivity contribution >= 4 is 17.7 Å². The topological polar surface area (TPSA) is 32.3 Å². The second-order valence-electron chi connectivity index (χ2n) is 6.95. The number of rotatable bonds is 1. The second-order valence-corrected chi connectivity index (χ2v) is 8.16. The van der Waals surface area contributed by atoms with E-state index in [-0.39, 0.29) is 5.25 Å². The van der Waals surface area contributed by atoms with Crippen molar-refractivity contribution in [3.05, 3.63) is 35.4 Å². The number of amides is 1. The van der Waals surface area contributed by atoms with Crippen LogP contribution in [0.1, 0.15) is 35.6 Å². The maximum absolute atomic E-state index is 13.0. The van der Waals surface area contributed by atoms with Gasteiger partial charge >= 0.3 is 0 Å². The highest BCUT2D eigenvalue weighted by molar-refractivity contribution is 8.00. The summed E-state index contributed by atoms with van der Waals surface area (Å²) in [6.07, 6.45) is 4.73. The van der Waals surface area contributed by atoms with Crippen LogP contribution in [0, 0.1) is 5.41 Å². The molecule has 1 atom stereocenters. The van der Waals surface area contributed by atoms with Crippen LogP contribution in [0.3, 0.4) is 0 Å². The standard InChI is InChI=1S/C18H24N2OS/c21-17(16-15-4-2-1-3-14(15)5-12-22-16)20-10-7-18(8-11-20)6-9-19-13-18/h1-4,16,19H,5-13H2. The molecule has 0 aliphatic carbocycles. The Kier molecular flexibility index (Phi) is 3.91. The molecule has 3 aliphatic rings. The maximum Gasteiger partial charge on any atom is 0.240 e. The number of aryl methyl sites for hydroxylation is 1. The Morgan fingerprint density at radius 2 is 2.05 bits per heavy atom. The zero-order valence-corrected chi connectivity index (χ0v) is 13.8. The molecule has 1 aromatic carbocycles. The Morgan fingerprint density at radius 3 is 2.82 bits per heavy atom. The number of benzene rings is 1. The Bertz CT molecular complexity index is 558. The molecule has 1 amide bonds. The molecule has 0 aromatic heterocycles. The third-order valence-corrected chi connectivity index (χ3v) is 6.91. The smallest absolute Gasteiger partial charge is 0.240 e. The third kappa shape index (κ3) is 2.56. The molecule has 4 rings (SSSR count). The fourth-order valence-electron chi connectivity index (χ4n) is 4.19. The van der Waals surface area contributed by atoms with Crippen LogP contribution in [0.25, 0.3) is 0 Å². The van der Waals surface area contributed by atoms with E-state index in [1.165, 1.54) is 30.4 Å². The van der Waals surface area contributed by atoms with E-state index in [0.29, 0.717) is 11.3 Å². The molecule has 2 saturated heterocycles. The van der Waals surface area contributed by atoms with Gasteiger partial charge in [0.05, 0.1) is 0 Å². The number of hydrogen-bond donors (Lipinski definition) is 1. The lowest BCUT2D eigenvalue weighted by molar-refractivity contribution is -0.132. The summed E-state index contributed by atoms with van der Waals surface area (Å²) in [6, 6.07) is 8.50. The maximum atomic E-state index is 13.0. The van der Waals surface area contributed by atoms with E-state index < -0.39 is 0 Å². The second kappa shape index (κ2) is 5.89. The Labute approximate surface area is 136 Å². The van der Waals surface area contributed by atoms with Gasteiger partial charge in [0.2, 0.25) is 5.91 Å². The molecule has 3 nitrogen and oxygen atoms in total. The van der Waals surface area contributed by atoms with Crippen LogP contribution in [-0.4, -0.2) is 42.7 Å². The van der Waals surface area contributed by atoms with E-state index in [9.17, 15) is 4.79 Å². The predicted octanol–water partition coefficient (Wildman–Crippen LogP) is 2.62. The first-order valence-electron chi connectivity index (χ1n) is 8.46. The Hall–Kier alpha value is -1.00. The Morgan fingerprint density at radius 1 is 1.23 bits per heavy atom. The number of hydrogen-bond acceptors (Lipinski definition) is 3. The van der Waals surface area contributed by atoms with Crippen molar-refractivity contribution < 1.29 is 4.79 Å². The van der Waals surface area contributed by atoms with Crippen molar-refractivity contribution in [2.75, 3.05) is 31.9 Å². The first-order valence-corrected chi connectivity index (χ1v) is 9.51. The van der Waals surface area contributed by atoms with Crippen LogP contribution in [0.2, 0.25) is 0 Å². The number of carbonyl (C=O) groups is 1. The number of nitrogens with zero attached hydrogens (tertiary/aromatic N) is 1. The molecule has 0 saturated carbocycles. The number of nitrogens with one attached hydrogen (secondary N) is 1. The third-order valence-electron chi connectivity index (χ3n) is 5.69. The molecule has 22 heavy (non-hydrogen) atoms. The molecule has 1 aromatic rings. The van der Waals surface area contributed by atoms with Gasteiger partial charge in [-0.25, -0.2) is 0 Å². The molecule has 3 heterocycles. The van der Waals surface area contributed by atoms with E-state index in [1.54, 1.807) is 0 Å². The van der Waals surface area contributed by atoms with E-state index >= 15 is 0 Å². The summed E-state index contributed by atoms with van der Waals surface area (Å²) in [5.41, 5.74) is 3.11. The van der Waals surface area contributed by atoms with Gasteiger partial charge in [-0.1, -0.05) is 24.3 Å². The highest BCUT2D eigenvalue weighted by Gasteiger charge is 2.40. The summed E-state index contributed by atoms with van der Waals surface area (Å²) in [7, 11) is 0. The summed E-state index contributed by atoms with van der Waals surface area (Å²) in [5, 5.41) is 3.52. The van der Waals surface area contributed by atoms with Crippen molar-refractivity contribution in [1.82, 2.24) is 10.2 Å². The number of carbonyl (C=O) groups excluding carboxylic acids is 1. The number of fused-ring (bicyclic) bond motifs is 1. The monoisotopic (exact) mass is 316 g/mol. The first kappa shape index (κ1) is 14.6. The number of likely N-dealkylation sites (tertiary alicyclic amines) is 1. The molecule has 0 bridgehead atoms. The SMILES string of the molecule is O=C(C1SCCc2ccccc21)N1CCC2(CCNC2)CC1. The predicted molar refractivity (Wildman–Crippen MR) is 91.1 cm³/mol. The van der Waals surface area contributed by atoms with Crippen LogP contribution in [-0.2, 0) is 11.2 Å². The minimum absolute atomic E-state index is 0.0284.